The van der Waals surface area contributed by atoms with Crippen molar-refractivity contribution in [3.05, 3.63) is 53.9 Å². The third-order valence-electron chi connectivity index (χ3n) is 5.21. The van der Waals surface area contributed by atoms with E-state index in [0.717, 1.165) is 57.5 Å². The van der Waals surface area contributed by atoms with E-state index >= 15 is 0 Å². The average molecular weight is 411 g/mol. The van der Waals surface area contributed by atoms with E-state index in [4.69, 9.17) is 4.74 Å². The van der Waals surface area contributed by atoms with Crippen molar-refractivity contribution in [2.24, 2.45) is 0 Å². The number of ether oxygens (including phenoxy) is 1. The predicted molar refractivity (Wildman–Crippen MR) is 113 cm³/mol. The smallest absolute Gasteiger partial charge is 0.251 e. The molecule has 1 amide bonds. The first-order chi connectivity index (χ1) is 14.8. The van der Waals surface area contributed by atoms with Crippen molar-refractivity contribution in [2.45, 2.75) is 12.8 Å². The van der Waals surface area contributed by atoms with E-state index in [1.54, 1.807) is 21.5 Å². The first-order valence-corrected chi connectivity index (χ1v) is 10.5. The number of hydrogen-bond donors (Lipinski definition) is 3. The molecule has 9 heteroatoms. The van der Waals surface area contributed by atoms with Gasteiger partial charge in [-0.2, -0.15) is 4.52 Å². The molecule has 0 aliphatic carbocycles. The summed E-state index contributed by atoms with van der Waals surface area (Å²) in [6.45, 7) is 6.39. The van der Waals surface area contributed by atoms with Gasteiger partial charge in [-0.05, 0) is 24.3 Å². The summed E-state index contributed by atoms with van der Waals surface area (Å²) in [6.07, 6.45) is 1.63. The number of benzene rings is 1. The van der Waals surface area contributed by atoms with Crippen LogP contribution in [0.2, 0.25) is 0 Å². The summed E-state index contributed by atoms with van der Waals surface area (Å²) in [5.41, 5.74) is 1.34. The Labute approximate surface area is 175 Å². The van der Waals surface area contributed by atoms with Crippen LogP contribution < -0.4 is 15.5 Å². The maximum absolute atomic E-state index is 12.2. The van der Waals surface area contributed by atoms with Crippen LogP contribution in [0.15, 0.2) is 42.5 Å². The minimum atomic E-state index is -0.0952. The number of hydrogen-bond acceptors (Lipinski definition) is 6. The SMILES string of the molecule is O=C(NCCc1nnc2ccc(NCCC[NH+]3CCOCC3)nn12)c1ccccc1. The Morgan fingerprint density at radius 1 is 1.07 bits per heavy atom. The average Bonchev–Trinajstić information content (AvgIpc) is 3.20. The van der Waals surface area contributed by atoms with Gasteiger partial charge in [-0.25, -0.2) is 0 Å². The molecule has 30 heavy (non-hydrogen) atoms. The Morgan fingerprint density at radius 3 is 2.73 bits per heavy atom. The van der Waals surface area contributed by atoms with Crippen LogP contribution in [0.25, 0.3) is 5.65 Å². The van der Waals surface area contributed by atoms with Crippen molar-refractivity contribution in [1.29, 1.82) is 0 Å². The molecule has 2 aromatic heterocycles. The molecule has 0 unspecified atom stereocenters. The monoisotopic (exact) mass is 410 g/mol. The van der Waals surface area contributed by atoms with Gasteiger partial charge in [0, 0.05) is 31.5 Å². The third-order valence-corrected chi connectivity index (χ3v) is 5.21. The summed E-state index contributed by atoms with van der Waals surface area (Å²) < 4.78 is 7.14. The topological polar surface area (TPSA) is 97.9 Å². The highest BCUT2D eigenvalue weighted by Gasteiger charge is 2.13. The van der Waals surface area contributed by atoms with Gasteiger partial charge in [0.15, 0.2) is 11.5 Å². The van der Waals surface area contributed by atoms with Crippen LogP contribution in [0.5, 0.6) is 0 Å². The lowest BCUT2D eigenvalue weighted by Gasteiger charge is -2.23. The van der Waals surface area contributed by atoms with E-state index in [1.165, 1.54) is 0 Å². The van der Waals surface area contributed by atoms with E-state index in [0.29, 0.717) is 24.2 Å². The molecule has 0 atom stereocenters. The predicted octanol–water partition coefficient (Wildman–Crippen LogP) is -0.186. The normalized spacial score (nSPS) is 14.7. The van der Waals surface area contributed by atoms with Gasteiger partial charge < -0.3 is 20.3 Å². The summed E-state index contributed by atoms with van der Waals surface area (Å²) in [6, 6.07) is 13.0. The molecule has 1 aromatic carbocycles. The fourth-order valence-corrected chi connectivity index (χ4v) is 3.53. The lowest BCUT2D eigenvalue weighted by atomic mass is 10.2. The van der Waals surface area contributed by atoms with Crippen molar-refractivity contribution >= 4 is 17.4 Å². The van der Waals surface area contributed by atoms with Crippen molar-refractivity contribution in [2.75, 3.05) is 51.3 Å². The number of amides is 1. The molecule has 3 N–H and O–H groups in total. The lowest BCUT2D eigenvalue weighted by molar-refractivity contribution is -0.908. The first kappa shape index (κ1) is 20.2. The fraction of sp³-hybridized carbons (Fsp3) is 0.429. The zero-order valence-electron chi connectivity index (χ0n) is 17.0. The molecule has 158 valence electrons. The van der Waals surface area contributed by atoms with Crippen LogP contribution in [-0.4, -0.2) is 71.7 Å². The number of carbonyl (C=O) groups is 1. The molecule has 0 saturated carbocycles. The second kappa shape index (κ2) is 10.1. The second-order valence-corrected chi connectivity index (χ2v) is 7.37. The van der Waals surface area contributed by atoms with E-state index in [-0.39, 0.29) is 5.91 Å². The van der Waals surface area contributed by atoms with Crippen LogP contribution >= 0.6 is 0 Å². The number of carbonyl (C=O) groups excluding carboxylic acids is 1. The number of morpholine rings is 1. The molecule has 0 radical (unpaired) electrons. The molecule has 3 aromatic rings. The molecule has 1 saturated heterocycles. The van der Waals surface area contributed by atoms with Gasteiger partial charge in [0.1, 0.15) is 18.9 Å². The lowest BCUT2D eigenvalue weighted by Crippen LogP contribution is -3.14. The summed E-state index contributed by atoms with van der Waals surface area (Å²) in [7, 11) is 0. The quantitative estimate of drug-likeness (QED) is 0.423. The van der Waals surface area contributed by atoms with Crippen molar-refractivity contribution in [3.8, 4) is 0 Å². The zero-order valence-corrected chi connectivity index (χ0v) is 17.0. The molecule has 0 bridgehead atoms. The standard InChI is InChI=1S/C21H27N7O2/c29-21(17-5-2-1-3-6-17)23-11-9-20-25-24-19-8-7-18(26-28(19)20)22-10-4-12-27-13-15-30-16-14-27/h1-3,5-8H,4,9-16H2,(H,22,26)(H,23,29)/p+1. The van der Waals surface area contributed by atoms with Gasteiger partial charge in [0.2, 0.25) is 0 Å². The Balaban J connectivity index is 1.27. The Morgan fingerprint density at radius 2 is 1.90 bits per heavy atom. The maximum Gasteiger partial charge on any atom is 0.251 e. The summed E-state index contributed by atoms with van der Waals surface area (Å²) in [4.78, 5) is 13.8. The summed E-state index contributed by atoms with van der Waals surface area (Å²) >= 11 is 0. The number of anilines is 1. The highest BCUT2D eigenvalue weighted by molar-refractivity contribution is 5.94. The molecule has 1 aliphatic heterocycles. The summed E-state index contributed by atoms with van der Waals surface area (Å²) in [5.74, 6) is 1.43. The largest absolute Gasteiger partial charge is 0.370 e. The number of nitrogens with one attached hydrogen (secondary N) is 3. The van der Waals surface area contributed by atoms with Crippen LogP contribution in [0.1, 0.15) is 22.6 Å². The molecule has 4 rings (SSSR count). The number of nitrogens with zero attached hydrogens (tertiary/aromatic N) is 4. The van der Waals surface area contributed by atoms with Gasteiger partial charge in [-0.3, -0.25) is 4.79 Å². The molecule has 9 nitrogen and oxygen atoms in total. The zero-order chi connectivity index (χ0) is 20.6. The Hall–Kier alpha value is -3.04. The van der Waals surface area contributed by atoms with Gasteiger partial charge >= 0.3 is 0 Å². The minimum absolute atomic E-state index is 0.0952. The molecule has 3 heterocycles. The van der Waals surface area contributed by atoms with E-state index in [9.17, 15) is 4.79 Å². The van der Waals surface area contributed by atoms with E-state index in [1.807, 2.05) is 30.3 Å². The Kier molecular flexibility index (Phi) is 6.83. The van der Waals surface area contributed by atoms with Crippen LogP contribution in [0.3, 0.4) is 0 Å². The summed E-state index contributed by atoms with van der Waals surface area (Å²) in [5, 5.41) is 19.3. The van der Waals surface area contributed by atoms with Crippen LogP contribution in [0.4, 0.5) is 5.82 Å². The highest BCUT2D eigenvalue weighted by Crippen LogP contribution is 2.07. The van der Waals surface area contributed by atoms with Gasteiger partial charge in [-0.1, -0.05) is 18.2 Å². The molecule has 1 aliphatic rings. The molecule has 0 spiro atoms. The number of rotatable bonds is 9. The van der Waals surface area contributed by atoms with E-state index < -0.39 is 0 Å². The van der Waals surface area contributed by atoms with Crippen molar-refractivity contribution < 1.29 is 14.4 Å². The van der Waals surface area contributed by atoms with Crippen molar-refractivity contribution in [1.82, 2.24) is 25.1 Å². The fourth-order valence-electron chi connectivity index (χ4n) is 3.53. The number of aromatic nitrogens is 4. The van der Waals surface area contributed by atoms with Crippen LogP contribution in [-0.2, 0) is 11.2 Å². The molecular formula is C21H28N7O2+. The second-order valence-electron chi connectivity index (χ2n) is 7.37. The van der Waals surface area contributed by atoms with Gasteiger partial charge in [-0.15, -0.1) is 15.3 Å². The highest BCUT2D eigenvalue weighted by atomic mass is 16.5. The Bertz CT molecular complexity index is 954. The molecular weight excluding hydrogens is 382 g/mol. The number of fused-ring (bicyclic) bond motifs is 1. The first-order valence-electron chi connectivity index (χ1n) is 10.5. The minimum Gasteiger partial charge on any atom is -0.370 e. The molecule has 1 fully saturated rings. The third kappa shape index (κ3) is 5.31. The number of quaternary nitrogens is 1. The van der Waals surface area contributed by atoms with E-state index in [2.05, 4.69) is 25.9 Å². The van der Waals surface area contributed by atoms with Gasteiger partial charge in [0.05, 0.1) is 19.8 Å². The van der Waals surface area contributed by atoms with Crippen LogP contribution in [0, 0.1) is 0 Å². The maximum atomic E-state index is 12.2. The van der Waals surface area contributed by atoms with Crippen molar-refractivity contribution in [3.63, 3.8) is 0 Å². The van der Waals surface area contributed by atoms with Gasteiger partial charge in [0.25, 0.3) is 5.91 Å².